The number of ether oxygens (including phenoxy) is 1. The summed E-state index contributed by atoms with van der Waals surface area (Å²) in [6, 6.07) is 7.20. The SMILES string of the molecule is NC(=O)Cc1ccccc1NC(=O)CC1COCCN1. The Morgan fingerprint density at radius 2 is 2.20 bits per heavy atom. The van der Waals surface area contributed by atoms with Crippen LogP contribution in [-0.4, -0.2) is 37.6 Å². The van der Waals surface area contributed by atoms with Crippen molar-refractivity contribution in [3.8, 4) is 0 Å². The van der Waals surface area contributed by atoms with Crippen LogP contribution in [0.5, 0.6) is 0 Å². The summed E-state index contributed by atoms with van der Waals surface area (Å²) in [6.45, 7) is 1.98. The van der Waals surface area contributed by atoms with Gasteiger partial charge in [0.2, 0.25) is 11.8 Å². The van der Waals surface area contributed by atoms with E-state index in [9.17, 15) is 9.59 Å². The highest BCUT2D eigenvalue weighted by Gasteiger charge is 2.17. The predicted molar refractivity (Wildman–Crippen MR) is 75.2 cm³/mol. The average molecular weight is 277 g/mol. The summed E-state index contributed by atoms with van der Waals surface area (Å²) in [6.07, 6.45) is 0.451. The standard InChI is InChI=1S/C14H19N3O3/c15-13(18)7-10-3-1-2-4-12(10)17-14(19)8-11-9-20-6-5-16-11/h1-4,11,16H,5-9H2,(H2,15,18)(H,17,19). The number of anilines is 1. The fraction of sp³-hybridized carbons (Fsp3) is 0.429. The number of morpholine rings is 1. The van der Waals surface area contributed by atoms with Gasteiger partial charge in [0.05, 0.1) is 19.6 Å². The summed E-state index contributed by atoms with van der Waals surface area (Å²) >= 11 is 0. The third kappa shape index (κ3) is 4.32. The first-order valence-electron chi connectivity index (χ1n) is 6.62. The van der Waals surface area contributed by atoms with Crippen LogP contribution in [-0.2, 0) is 20.7 Å². The zero-order valence-electron chi connectivity index (χ0n) is 11.2. The topological polar surface area (TPSA) is 93.5 Å². The Balaban J connectivity index is 1.94. The lowest BCUT2D eigenvalue weighted by atomic mass is 10.1. The number of nitrogens with two attached hydrogens (primary N) is 1. The van der Waals surface area contributed by atoms with E-state index in [-0.39, 0.29) is 18.4 Å². The van der Waals surface area contributed by atoms with Crippen LogP contribution in [0, 0.1) is 0 Å². The number of rotatable bonds is 5. The molecule has 1 aliphatic rings. The second-order valence-corrected chi connectivity index (χ2v) is 4.78. The highest BCUT2D eigenvalue weighted by Crippen LogP contribution is 2.16. The van der Waals surface area contributed by atoms with Crippen LogP contribution >= 0.6 is 0 Å². The van der Waals surface area contributed by atoms with E-state index in [4.69, 9.17) is 10.5 Å². The number of amides is 2. The number of nitrogens with one attached hydrogen (secondary N) is 2. The second-order valence-electron chi connectivity index (χ2n) is 4.78. The van der Waals surface area contributed by atoms with E-state index in [1.54, 1.807) is 12.1 Å². The number of primary amides is 1. The lowest BCUT2D eigenvalue weighted by Gasteiger charge is -2.23. The number of carbonyl (C=O) groups is 2. The molecular formula is C14H19N3O3. The monoisotopic (exact) mass is 277 g/mol. The van der Waals surface area contributed by atoms with E-state index in [1.165, 1.54) is 0 Å². The van der Waals surface area contributed by atoms with Gasteiger partial charge in [-0.3, -0.25) is 9.59 Å². The minimum Gasteiger partial charge on any atom is -0.378 e. The molecule has 6 nitrogen and oxygen atoms in total. The van der Waals surface area contributed by atoms with Crippen LogP contribution in [0.15, 0.2) is 24.3 Å². The fourth-order valence-electron chi connectivity index (χ4n) is 2.16. The molecule has 20 heavy (non-hydrogen) atoms. The maximum Gasteiger partial charge on any atom is 0.226 e. The van der Waals surface area contributed by atoms with Gasteiger partial charge in [0, 0.05) is 24.7 Å². The summed E-state index contributed by atoms with van der Waals surface area (Å²) in [4.78, 5) is 23.0. The van der Waals surface area contributed by atoms with E-state index in [2.05, 4.69) is 10.6 Å². The Labute approximate surface area is 117 Å². The molecule has 0 saturated carbocycles. The average Bonchev–Trinajstić information content (AvgIpc) is 2.41. The van der Waals surface area contributed by atoms with Crippen LogP contribution < -0.4 is 16.4 Å². The first-order valence-corrected chi connectivity index (χ1v) is 6.62. The molecule has 0 aromatic heterocycles. The smallest absolute Gasteiger partial charge is 0.226 e. The Kier molecular flexibility index (Phi) is 5.09. The van der Waals surface area contributed by atoms with E-state index in [0.717, 1.165) is 12.1 Å². The fourth-order valence-corrected chi connectivity index (χ4v) is 2.16. The van der Waals surface area contributed by atoms with Gasteiger partial charge in [0.1, 0.15) is 0 Å². The maximum absolute atomic E-state index is 12.0. The maximum atomic E-state index is 12.0. The van der Waals surface area contributed by atoms with Gasteiger partial charge in [-0.25, -0.2) is 0 Å². The van der Waals surface area contributed by atoms with Gasteiger partial charge in [-0.2, -0.15) is 0 Å². The number of carbonyl (C=O) groups excluding carboxylic acids is 2. The summed E-state index contributed by atoms with van der Waals surface area (Å²) in [7, 11) is 0. The third-order valence-corrected chi connectivity index (χ3v) is 3.09. The van der Waals surface area contributed by atoms with Crippen molar-refractivity contribution in [2.75, 3.05) is 25.1 Å². The normalized spacial score (nSPS) is 18.5. The van der Waals surface area contributed by atoms with E-state index >= 15 is 0 Å². The number of benzene rings is 1. The van der Waals surface area contributed by atoms with Gasteiger partial charge in [0.15, 0.2) is 0 Å². The predicted octanol–water partition coefficient (Wildman–Crippen LogP) is 0.0314. The number of hydrogen-bond donors (Lipinski definition) is 3. The second kappa shape index (κ2) is 7.02. The highest BCUT2D eigenvalue weighted by atomic mass is 16.5. The largest absolute Gasteiger partial charge is 0.378 e. The van der Waals surface area contributed by atoms with Gasteiger partial charge >= 0.3 is 0 Å². The molecule has 1 aromatic carbocycles. The summed E-state index contributed by atoms with van der Waals surface area (Å²) in [5, 5.41) is 6.04. The van der Waals surface area contributed by atoms with Gasteiger partial charge < -0.3 is 21.1 Å². The van der Waals surface area contributed by atoms with E-state index in [1.807, 2.05) is 12.1 Å². The van der Waals surface area contributed by atoms with Crippen molar-refractivity contribution in [3.63, 3.8) is 0 Å². The zero-order chi connectivity index (χ0) is 14.4. The summed E-state index contributed by atoms with van der Waals surface area (Å²) in [5.74, 6) is -0.529. The molecule has 1 unspecified atom stereocenters. The molecule has 0 radical (unpaired) electrons. The molecule has 1 aliphatic heterocycles. The molecule has 2 amide bonds. The van der Waals surface area contributed by atoms with Crippen molar-refractivity contribution in [3.05, 3.63) is 29.8 Å². The van der Waals surface area contributed by atoms with Crippen molar-refractivity contribution in [2.45, 2.75) is 18.9 Å². The van der Waals surface area contributed by atoms with Crippen LogP contribution in [0.4, 0.5) is 5.69 Å². The molecule has 2 rings (SSSR count). The minimum absolute atomic E-state index is 0.0343. The van der Waals surface area contributed by atoms with Crippen LogP contribution in [0.25, 0.3) is 0 Å². The van der Waals surface area contributed by atoms with Gasteiger partial charge in [-0.05, 0) is 11.6 Å². The molecule has 0 spiro atoms. The number of hydrogen-bond acceptors (Lipinski definition) is 4. The lowest BCUT2D eigenvalue weighted by molar-refractivity contribution is -0.118. The van der Waals surface area contributed by atoms with E-state index in [0.29, 0.717) is 25.3 Å². The molecule has 6 heteroatoms. The molecule has 1 heterocycles. The molecule has 1 fully saturated rings. The first kappa shape index (κ1) is 14.5. The third-order valence-electron chi connectivity index (χ3n) is 3.09. The zero-order valence-corrected chi connectivity index (χ0v) is 11.2. The highest BCUT2D eigenvalue weighted by molar-refractivity contribution is 5.92. The van der Waals surface area contributed by atoms with Crippen LogP contribution in [0.2, 0.25) is 0 Å². The van der Waals surface area contributed by atoms with Crippen molar-refractivity contribution in [1.29, 1.82) is 0 Å². The van der Waals surface area contributed by atoms with Crippen molar-refractivity contribution in [2.24, 2.45) is 5.73 Å². The molecule has 108 valence electrons. The molecule has 1 atom stereocenters. The van der Waals surface area contributed by atoms with Gasteiger partial charge in [0.25, 0.3) is 0 Å². The molecule has 1 saturated heterocycles. The summed E-state index contributed by atoms with van der Waals surface area (Å²) in [5.41, 5.74) is 6.55. The lowest BCUT2D eigenvalue weighted by Crippen LogP contribution is -2.43. The van der Waals surface area contributed by atoms with Crippen molar-refractivity contribution < 1.29 is 14.3 Å². The quantitative estimate of drug-likeness (QED) is 0.708. The number of para-hydroxylation sites is 1. The Hall–Kier alpha value is -1.92. The van der Waals surface area contributed by atoms with Crippen molar-refractivity contribution in [1.82, 2.24) is 5.32 Å². The molecule has 0 aliphatic carbocycles. The van der Waals surface area contributed by atoms with Crippen LogP contribution in [0.1, 0.15) is 12.0 Å². The van der Waals surface area contributed by atoms with Crippen molar-refractivity contribution >= 4 is 17.5 Å². The van der Waals surface area contributed by atoms with E-state index < -0.39 is 5.91 Å². The minimum atomic E-state index is -0.422. The van der Waals surface area contributed by atoms with Gasteiger partial charge in [-0.15, -0.1) is 0 Å². The Morgan fingerprint density at radius 3 is 2.90 bits per heavy atom. The molecule has 1 aromatic rings. The molecule has 4 N–H and O–H groups in total. The Morgan fingerprint density at radius 1 is 1.40 bits per heavy atom. The first-order chi connectivity index (χ1) is 9.65. The van der Waals surface area contributed by atoms with Gasteiger partial charge in [-0.1, -0.05) is 18.2 Å². The Bertz CT molecular complexity index is 484. The van der Waals surface area contributed by atoms with Crippen LogP contribution in [0.3, 0.4) is 0 Å². The molecule has 0 bridgehead atoms. The molecular weight excluding hydrogens is 258 g/mol. The summed E-state index contributed by atoms with van der Waals surface area (Å²) < 4.78 is 5.31.